The highest BCUT2D eigenvalue weighted by molar-refractivity contribution is 7.47. The molecule has 9 heterocycles. The quantitative estimate of drug-likeness (QED) is 0.0111. The maximum Gasteiger partial charge on any atom is 0.472 e. The van der Waals surface area contributed by atoms with Crippen molar-refractivity contribution in [1.82, 2.24) is 58.6 Å². The fourth-order valence-corrected chi connectivity index (χ4v) is 19.2. The first kappa shape index (κ1) is 68.8. The van der Waals surface area contributed by atoms with Crippen molar-refractivity contribution in [1.29, 1.82) is 0 Å². The van der Waals surface area contributed by atoms with E-state index in [1.165, 1.54) is 102 Å². The second-order valence-corrected chi connectivity index (χ2v) is 31.2. The SMILES string of the molecule is CC(C)CCC[C@@H](C)[C@H]1CC[C@H]2[C@@H]3CC=C4C[C@@H](OC(=O)CCCCCO[C@H]5[C@@H](O)[C@H](n6cnc7c(N)ncnc76)O[C@@H]5COP(=O)(O)O[C@@H]5C[C@@H](COP(=O)(O)O[C@@H]6C[C@@H](CO)O[C@H]6n6cnc7c(N)ncnc76)O[C@H]5n5cnc6c(N)ncnc65)CC[C@]4(C)[C@H]3CC[C@]12C. The molecular weight excluding hydrogens is 1280 g/mol. The lowest BCUT2D eigenvalue weighted by Crippen LogP contribution is -2.51. The number of aromatic nitrogens is 12. The molecule has 13 rings (SSSR count). The molecule has 4 aliphatic carbocycles. The van der Waals surface area contributed by atoms with Gasteiger partial charge in [0.15, 0.2) is 53.1 Å². The van der Waals surface area contributed by atoms with Gasteiger partial charge in [-0.2, -0.15) is 0 Å². The Kier molecular flexibility index (Phi) is 20.1. The molecule has 96 heavy (non-hydrogen) atoms. The summed E-state index contributed by atoms with van der Waals surface area (Å²) in [6.07, 6.45) is 13.1. The number of imidazole rings is 3. The van der Waals surface area contributed by atoms with Gasteiger partial charge in [0, 0.05) is 32.3 Å². The molecule has 3 aliphatic heterocycles. The molecule has 31 nitrogen and oxygen atoms in total. The van der Waals surface area contributed by atoms with E-state index in [0.717, 1.165) is 55.3 Å². The number of carbonyl (C=O) groups excluding carboxylic acids is 1. The van der Waals surface area contributed by atoms with Gasteiger partial charge in [-0.15, -0.1) is 0 Å². The summed E-state index contributed by atoms with van der Waals surface area (Å²) < 4.78 is 86.3. The highest BCUT2D eigenvalue weighted by Gasteiger charge is 2.60. The zero-order chi connectivity index (χ0) is 67.4. The summed E-state index contributed by atoms with van der Waals surface area (Å²) in [6.45, 7) is 10.8. The van der Waals surface area contributed by atoms with E-state index >= 15 is 0 Å². The van der Waals surface area contributed by atoms with Crippen molar-refractivity contribution >= 4 is 72.6 Å². The molecule has 0 amide bonds. The number of anilines is 3. The van der Waals surface area contributed by atoms with E-state index in [1.54, 1.807) is 0 Å². The van der Waals surface area contributed by atoms with Crippen LogP contribution >= 0.6 is 15.6 Å². The third-order valence-electron chi connectivity index (χ3n) is 22.0. The number of nitrogens with two attached hydrogens (primary N) is 3. The van der Waals surface area contributed by atoms with Crippen molar-refractivity contribution in [3.05, 3.63) is 49.6 Å². The van der Waals surface area contributed by atoms with Crippen molar-refractivity contribution in [2.24, 2.45) is 46.3 Å². The minimum atomic E-state index is -5.15. The van der Waals surface area contributed by atoms with E-state index in [9.17, 15) is 33.9 Å². The lowest BCUT2D eigenvalue weighted by atomic mass is 9.47. The van der Waals surface area contributed by atoms with E-state index in [0.29, 0.717) is 30.6 Å². The minimum Gasteiger partial charge on any atom is -0.462 e. The molecule has 6 aromatic rings. The largest absolute Gasteiger partial charge is 0.472 e. The number of esters is 1. The Bertz CT molecular complexity index is 3880. The monoisotopic (exact) mass is 1380 g/mol. The van der Waals surface area contributed by atoms with Crippen LogP contribution in [0.15, 0.2) is 49.6 Å². The number of allylic oxidation sites excluding steroid dienone is 1. The number of aliphatic hydroxyl groups excluding tert-OH is 2. The Morgan fingerprint density at radius 2 is 1.27 bits per heavy atom. The highest BCUT2D eigenvalue weighted by Crippen LogP contribution is 2.68. The summed E-state index contributed by atoms with van der Waals surface area (Å²) in [5.74, 6) is 4.53. The smallest absolute Gasteiger partial charge is 0.462 e. The maximum atomic E-state index is 14.3. The first-order chi connectivity index (χ1) is 46.0. The number of phosphoric ester groups is 2. The van der Waals surface area contributed by atoms with Gasteiger partial charge in [-0.3, -0.25) is 36.6 Å². The number of phosphoric acid groups is 2. The number of nitrogen functional groups attached to an aromatic ring is 3. The van der Waals surface area contributed by atoms with Crippen LogP contribution in [0.4, 0.5) is 17.5 Å². The van der Waals surface area contributed by atoms with E-state index in [4.69, 9.17) is 59.0 Å². The Labute approximate surface area is 555 Å². The van der Waals surface area contributed by atoms with Gasteiger partial charge in [0.1, 0.15) is 72.2 Å². The number of unbranched alkanes of at least 4 members (excludes halogenated alkanes) is 2. The van der Waals surface area contributed by atoms with E-state index in [-0.39, 0.29) is 94.3 Å². The summed E-state index contributed by atoms with van der Waals surface area (Å²) >= 11 is 0. The van der Waals surface area contributed by atoms with Crippen LogP contribution in [-0.2, 0) is 55.7 Å². The predicted molar refractivity (Wildman–Crippen MR) is 346 cm³/mol. The molecule has 0 spiro atoms. The van der Waals surface area contributed by atoms with Crippen LogP contribution in [-0.4, -0.2) is 160 Å². The molecule has 6 aromatic heterocycles. The van der Waals surface area contributed by atoms with Crippen LogP contribution < -0.4 is 17.2 Å². The molecule has 3 saturated carbocycles. The van der Waals surface area contributed by atoms with E-state index in [2.05, 4.69) is 85.6 Å². The Balaban J connectivity index is 0.620. The van der Waals surface area contributed by atoms with Crippen LogP contribution in [0.25, 0.3) is 33.5 Å². The van der Waals surface area contributed by atoms with Crippen LogP contribution in [0.1, 0.15) is 162 Å². The van der Waals surface area contributed by atoms with Crippen molar-refractivity contribution in [3.63, 3.8) is 0 Å². The first-order valence-corrected chi connectivity index (χ1v) is 36.9. The van der Waals surface area contributed by atoms with Gasteiger partial charge in [0.25, 0.3) is 0 Å². The number of nitrogens with zero attached hydrogens (tertiary/aromatic N) is 12. The maximum absolute atomic E-state index is 14.3. The number of ether oxygens (including phenoxy) is 5. The predicted octanol–water partition coefficient (Wildman–Crippen LogP) is 7.98. The van der Waals surface area contributed by atoms with Gasteiger partial charge in [-0.05, 0) is 104 Å². The molecule has 0 radical (unpaired) electrons. The van der Waals surface area contributed by atoms with Gasteiger partial charge in [0.2, 0.25) is 0 Å². The van der Waals surface area contributed by atoms with Gasteiger partial charge < -0.3 is 60.9 Å². The zero-order valence-electron chi connectivity index (χ0n) is 54.9. The van der Waals surface area contributed by atoms with Crippen molar-refractivity contribution in [3.8, 4) is 0 Å². The number of carbonyl (C=O) groups is 1. The highest BCUT2D eigenvalue weighted by atomic mass is 31.2. The Hall–Kier alpha value is -5.76. The van der Waals surface area contributed by atoms with E-state index < -0.39 is 96.9 Å². The van der Waals surface area contributed by atoms with Crippen LogP contribution in [0.2, 0.25) is 0 Å². The molecule has 7 aliphatic rings. The summed E-state index contributed by atoms with van der Waals surface area (Å²) in [6, 6.07) is 0. The van der Waals surface area contributed by atoms with Crippen LogP contribution in [0.3, 0.4) is 0 Å². The fourth-order valence-electron chi connectivity index (χ4n) is 17.3. The van der Waals surface area contributed by atoms with E-state index in [1.807, 2.05) is 0 Å². The number of hydrogen-bond donors (Lipinski definition) is 7. The summed E-state index contributed by atoms with van der Waals surface area (Å²) in [4.78, 5) is 74.0. The van der Waals surface area contributed by atoms with Crippen LogP contribution in [0, 0.1) is 46.3 Å². The molecular formula is C63H91N15O16P2. The molecule has 6 fully saturated rings. The molecule has 10 N–H and O–H groups in total. The van der Waals surface area contributed by atoms with Gasteiger partial charge >= 0.3 is 21.6 Å². The third kappa shape index (κ3) is 13.8. The van der Waals surface area contributed by atoms with Gasteiger partial charge in [-0.25, -0.2) is 54.0 Å². The second kappa shape index (κ2) is 28.1. The molecule has 20 atom stereocenters. The summed E-state index contributed by atoms with van der Waals surface area (Å²) in [5.41, 5.74) is 21.6. The Morgan fingerprint density at radius 3 is 1.88 bits per heavy atom. The van der Waals surface area contributed by atoms with Gasteiger partial charge in [-0.1, -0.05) is 72.0 Å². The van der Waals surface area contributed by atoms with Crippen molar-refractivity contribution in [2.75, 3.05) is 43.6 Å². The molecule has 524 valence electrons. The minimum absolute atomic E-state index is 0.0291. The van der Waals surface area contributed by atoms with Crippen molar-refractivity contribution < 1.29 is 75.7 Å². The summed E-state index contributed by atoms with van der Waals surface area (Å²) in [5, 5.41) is 22.0. The molecule has 33 heteroatoms. The van der Waals surface area contributed by atoms with Crippen LogP contribution in [0.5, 0.6) is 0 Å². The Morgan fingerprint density at radius 1 is 0.688 bits per heavy atom. The normalized spacial score (nSPS) is 33.7. The molecule has 2 unspecified atom stereocenters. The molecule has 0 aromatic carbocycles. The molecule has 3 saturated heterocycles. The van der Waals surface area contributed by atoms with Crippen molar-refractivity contribution in [2.45, 2.75) is 211 Å². The number of fused-ring (bicyclic) bond motifs is 8. The average Bonchev–Trinajstić information content (AvgIpc) is 1.35. The summed E-state index contributed by atoms with van der Waals surface area (Å²) in [7, 11) is -10.1. The topological polar surface area (TPSA) is 424 Å². The fraction of sp³-hybridized carbons (Fsp3) is 0.714. The zero-order valence-corrected chi connectivity index (χ0v) is 56.7. The number of hydrogen-bond acceptors (Lipinski definition) is 26. The number of rotatable bonds is 27. The molecule has 0 bridgehead atoms. The second-order valence-electron chi connectivity index (χ2n) is 28.4. The third-order valence-corrected chi connectivity index (χ3v) is 24.1. The average molecular weight is 1380 g/mol. The lowest BCUT2D eigenvalue weighted by molar-refractivity contribution is -0.151. The standard InChI is InChI=1S/C63H91N15O16P2/c1-34(2)10-9-11-35(3)41-15-16-42-40-14-13-36-22-37(17-19-62(36,4)43(40)18-20-63(41,42)5)89-47(80)12-7-6-8-21-86-52-46(92-61(51(52)81)78-33-75-50-55(66)69-30-72-58(50)78)27-88-96(84,85)94-45-24-39(91-60(45)77-32-74-49-54(65)68-29-71-57(49)77)26-87-95(82,83)93-44-23-38(25-79)90-59(44)76-31-73-48-53(64)67-28-70-56(48)76/h13,28-35,37-46,51-52,59-61,79,81H,6-12,14-27H2,1-5H3,(H,82,83)(H,84,85)(H2,64,67,70)(H2,65,68,71)(H2,66,69,72)/t35-,37+,38+,39+,40+,41-,42+,43+,44-,45-,46-,51-,52-,59-,60-,61-,62+,63-/m1/s1. The number of aliphatic hydroxyl groups is 2. The lowest BCUT2D eigenvalue weighted by Gasteiger charge is -2.58. The first-order valence-electron chi connectivity index (χ1n) is 33.9. The van der Waals surface area contributed by atoms with Gasteiger partial charge in [0.05, 0.1) is 51.0 Å².